The zero-order chi connectivity index (χ0) is 17.4. The standard InChI is InChI=1S/C17H12BrN3O4/c18-10-2-3-12-11(8-10)15(17(23)19-12)20-21-16(22)9-1-4-13-14(7-9)25-6-5-24-13/h1-4,7-8,19,23H,5-6H2. The molecule has 2 heterocycles. The van der Waals surface area contributed by atoms with Crippen molar-refractivity contribution in [3.05, 3.63) is 46.4 Å². The van der Waals surface area contributed by atoms with Crippen molar-refractivity contribution in [1.29, 1.82) is 0 Å². The number of azo groups is 1. The second-order valence-electron chi connectivity index (χ2n) is 5.38. The zero-order valence-corrected chi connectivity index (χ0v) is 14.4. The molecule has 0 fully saturated rings. The molecule has 25 heavy (non-hydrogen) atoms. The maximum atomic E-state index is 12.3. The summed E-state index contributed by atoms with van der Waals surface area (Å²) in [6.07, 6.45) is 0. The molecule has 0 radical (unpaired) electrons. The molecule has 1 aliphatic heterocycles. The number of aromatic nitrogens is 1. The van der Waals surface area contributed by atoms with Crippen LogP contribution in [0.4, 0.5) is 5.69 Å². The minimum absolute atomic E-state index is 0.146. The van der Waals surface area contributed by atoms with Crippen molar-refractivity contribution in [1.82, 2.24) is 4.98 Å². The van der Waals surface area contributed by atoms with Crippen LogP contribution in [0.2, 0.25) is 0 Å². The van der Waals surface area contributed by atoms with Crippen molar-refractivity contribution in [2.45, 2.75) is 0 Å². The molecule has 0 atom stereocenters. The summed E-state index contributed by atoms with van der Waals surface area (Å²) >= 11 is 3.37. The number of rotatable bonds is 2. The van der Waals surface area contributed by atoms with Gasteiger partial charge in [0.15, 0.2) is 17.2 Å². The lowest BCUT2D eigenvalue weighted by atomic mass is 10.2. The number of H-pyrrole nitrogens is 1. The van der Waals surface area contributed by atoms with Crippen LogP contribution in [0, 0.1) is 0 Å². The first-order valence-corrected chi connectivity index (χ1v) is 8.27. The highest BCUT2D eigenvalue weighted by molar-refractivity contribution is 9.10. The number of aromatic hydroxyl groups is 1. The van der Waals surface area contributed by atoms with Crippen LogP contribution in [-0.2, 0) is 0 Å². The first-order chi connectivity index (χ1) is 12.1. The number of carbonyl (C=O) groups excluding carboxylic acids is 1. The molecule has 0 saturated heterocycles. The first-order valence-electron chi connectivity index (χ1n) is 7.48. The van der Waals surface area contributed by atoms with E-state index in [0.717, 1.165) is 4.47 Å². The Labute approximate surface area is 150 Å². The third-order valence-corrected chi connectivity index (χ3v) is 4.24. The summed E-state index contributed by atoms with van der Waals surface area (Å²) in [5.74, 6) is 0.414. The molecule has 0 spiro atoms. The van der Waals surface area contributed by atoms with E-state index in [1.807, 2.05) is 6.07 Å². The Balaban J connectivity index is 1.65. The van der Waals surface area contributed by atoms with Gasteiger partial charge in [-0.2, -0.15) is 0 Å². The van der Waals surface area contributed by atoms with Gasteiger partial charge in [0.1, 0.15) is 13.2 Å². The Kier molecular flexibility index (Phi) is 3.89. The molecule has 0 saturated carbocycles. The highest BCUT2D eigenvalue weighted by Gasteiger charge is 2.16. The number of aromatic amines is 1. The average Bonchev–Trinajstić information content (AvgIpc) is 2.93. The van der Waals surface area contributed by atoms with E-state index in [0.29, 0.717) is 41.2 Å². The predicted octanol–water partition coefficient (Wildman–Crippen LogP) is 4.33. The van der Waals surface area contributed by atoms with Gasteiger partial charge in [0.05, 0.1) is 5.52 Å². The Bertz CT molecular complexity index is 1010. The number of hydrogen-bond acceptors (Lipinski definition) is 5. The fourth-order valence-electron chi connectivity index (χ4n) is 2.57. The fourth-order valence-corrected chi connectivity index (χ4v) is 2.93. The lowest BCUT2D eigenvalue weighted by molar-refractivity contribution is 0.0993. The molecule has 0 unspecified atom stereocenters. The Hall–Kier alpha value is -2.87. The topological polar surface area (TPSA) is 96.3 Å². The highest BCUT2D eigenvalue weighted by atomic mass is 79.9. The van der Waals surface area contributed by atoms with Gasteiger partial charge in [-0.25, -0.2) is 0 Å². The minimum atomic E-state index is -0.541. The zero-order valence-electron chi connectivity index (χ0n) is 12.8. The van der Waals surface area contributed by atoms with E-state index in [9.17, 15) is 9.90 Å². The second-order valence-corrected chi connectivity index (χ2v) is 6.29. The van der Waals surface area contributed by atoms with Crippen LogP contribution in [0.1, 0.15) is 10.4 Å². The van der Waals surface area contributed by atoms with Crippen molar-refractivity contribution < 1.29 is 19.4 Å². The van der Waals surface area contributed by atoms with Crippen molar-refractivity contribution >= 4 is 38.4 Å². The van der Waals surface area contributed by atoms with Gasteiger partial charge in [0.2, 0.25) is 5.88 Å². The Morgan fingerprint density at radius 1 is 1.12 bits per heavy atom. The van der Waals surface area contributed by atoms with E-state index < -0.39 is 5.91 Å². The van der Waals surface area contributed by atoms with Crippen LogP contribution in [0.3, 0.4) is 0 Å². The van der Waals surface area contributed by atoms with Gasteiger partial charge in [-0.15, -0.1) is 10.2 Å². The third kappa shape index (κ3) is 2.96. The summed E-state index contributed by atoms with van der Waals surface area (Å²) in [7, 11) is 0. The second kappa shape index (κ2) is 6.21. The van der Waals surface area contributed by atoms with Gasteiger partial charge >= 0.3 is 0 Å². The first kappa shape index (κ1) is 15.6. The van der Waals surface area contributed by atoms with Gasteiger partial charge in [-0.1, -0.05) is 15.9 Å². The number of benzene rings is 2. The predicted molar refractivity (Wildman–Crippen MR) is 93.9 cm³/mol. The maximum Gasteiger partial charge on any atom is 0.295 e. The summed E-state index contributed by atoms with van der Waals surface area (Å²) in [4.78, 5) is 15.1. The number of ether oxygens (including phenoxy) is 2. The highest BCUT2D eigenvalue weighted by Crippen LogP contribution is 2.37. The average molecular weight is 402 g/mol. The molecule has 1 aliphatic rings. The lowest BCUT2D eigenvalue weighted by Crippen LogP contribution is -2.15. The number of fused-ring (bicyclic) bond motifs is 2. The van der Waals surface area contributed by atoms with Crippen LogP contribution in [0.15, 0.2) is 51.1 Å². The van der Waals surface area contributed by atoms with E-state index in [1.165, 1.54) is 0 Å². The van der Waals surface area contributed by atoms with Gasteiger partial charge < -0.3 is 19.6 Å². The molecule has 0 bridgehead atoms. The third-order valence-electron chi connectivity index (χ3n) is 3.74. The molecule has 2 N–H and O–H groups in total. The van der Waals surface area contributed by atoms with Gasteiger partial charge in [0.25, 0.3) is 5.91 Å². The maximum absolute atomic E-state index is 12.3. The minimum Gasteiger partial charge on any atom is -0.493 e. The molecular formula is C17H12BrN3O4. The fraction of sp³-hybridized carbons (Fsp3) is 0.118. The van der Waals surface area contributed by atoms with Gasteiger partial charge in [-0.3, -0.25) is 4.79 Å². The monoisotopic (exact) mass is 401 g/mol. The van der Waals surface area contributed by atoms with E-state index in [-0.39, 0.29) is 11.6 Å². The van der Waals surface area contributed by atoms with Crippen LogP contribution in [-0.4, -0.2) is 29.2 Å². The Morgan fingerprint density at radius 3 is 2.76 bits per heavy atom. The summed E-state index contributed by atoms with van der Waals surface area (Å²) in [6.45, 7) is 0.916. The largest absolute Gasteiger partial charge is 0.493 e. The van der Waals surface area contributed by atoms with E-state index in [1.54, 1.807) is 30.3 Å². The number of nitrogens with zero attached hydrogens (tertiary/aromatic N) is 2. The van der Waals surface area contributed by atoms with Gasteiger partial charge in [-0.05, 0) is 36.4 Å². The molecule has 7 nitrogen and oxygen atoms in total. The molecule has 4 rings (SSSR count). The summed E-state index contributed by atoms with van der Waals surface area (Å²) in [5.41, 5.74) is 1.23. The number of carbonyl (C=O) groups is 1. The molecule has 126 valence electrons. The quantitative estimate of drug-likeness (QED) is 0.624. The molecule has 1 aromatic heterocycles. The van der Waals surface area contributed by atoms with Crippen LogP contribution >= 0.6 is 15.9 Å². The van der Waals surface area contributed by atoms with Gasteiger partial charge in [0, 0.05) is 15.4 Å². The van der Waals surface area contributed by atoms with Crippen molar-refractivity contribution in [2.75, 3.05) is 13.2 Å². The number of halogens is 1. The number of nitrogens with one attached hydrogen (secondary N) is 1. The smallest absolute Gasteiger partial charge is 0.295 e. The van der Waals surface area contributed by atoms with Crippen molar-refractivity contribution in [3.8, 4) is 17.4 Å². The van der Waals surface area contributed by atoms with Crippen molar-refractivity contribution in [3.63, 3.8) is 0 Å². The van der Waals surface area contributed by atoms with Crippen LogP contribution in [0.5, 0.6) is 17.4 Å². The van der Waals surface area contributed by atoms with Crippen molar-refractivity contribution in [2.24, 2.45) is 10.2 Å². The number of amides is 1. The molecule has 8 heteroatoms. The molecule has 2 aromatic carbocycles. The lowest BCUT2D eigenvalue weighted by Gasteiger charge is -2.18. The Morgan fingerprint density at radius 2 is 1.92 bits per heavy atom. The summed E-state index contributed by atoms with van der Waals surface area (Å²) in [5, 5.41) is 18.3. The molecule has 1 amide bonds. The summed E-state index contributed by atoms with van der Waals surface area (Å²) in [6, 6.07) is 10.2. The van der Waals surface area contributed by atoms with E-state index in [2.05, 4.69) is 31.1 Å². The SMILES string of the molecule is O=C(N=Nc1c(O)[nH]c2ccc(Br)cc12)c1ccc2c(c1)OCCO2. The molecule has 3 aromatic rings. The molecule has 0 aliphatic carbocycles. The van der Waals surface area contributed by atoms with E-state index in [4.69, 9.17) is 9.47 Å². The van der Waals surface area contributed by atoms with Crippen LogP contribution in [0.25, 0.3) is 10.9 Å². The van der Waals surface area contributed by atoms with E-state index >= 15 is 0 Å². The summed E-state index contributed by atoms with van der Waals surface area (Å²) < 4.78 is 11.7. The normalized spacial score (nSPS) is 13.5. The van der Waals surface area contributed by atoms with Crippen LogP contribution < -0.4 is 9.47 Å². The molecular weight excluding hydrogens is 390 g/mol. The number of hydrogen-bond donors (Lipinski definition) is 2.